The predicted octanol–water partition coefficient (Wildman–Crippen LogP) is 7.36. The predicted molar refractivity (Wildman–Crippen MR) is 158 cm³/mol. The van der Waals surface area contributed by atoms with Crippen molar-refractivity contribution >= 4 is 23.2 Å². The summed E-state index contributed by atoms with van der Waals surface area (Å²) in [7, 11) is 1.39. The van der Waals surface area contributed by atoms with Gasteiger partial charge in [0, 0.05) is 17.5 Å². The Bertz CT molecular complexity index is 1130. The third-order valence-electron chi connectivity index (χ3n) is 6.86. The standard InChI is InChI=1S/C30H36N2O3S.C2H6/c1-3-4-5-6-27-15-16-28(36-27)29(33)32(26-17-19-31-20-18-26)21-22-7-9-23(10-8-22)24-11-13-25(14-12-24)30(34)35-2;1-2/h7-16,26,31H,3-6,17-21H2,1-2H3;1-2H3. The van der Waals surface area contributed by atoms with Crippen molar-refractivity contribution in [3.8, 4) is 11.1 Å². The summed E-state index contributed by atoms with van der Waals surface area (Å²) in [6.45, 7) is 8.71. The highest BCUT2D eigenvalue weighted by Crippen LogP contribution is 2.26. The Kier molecular flexibility index (Phi) is 12.0. The van der Waals surface area contributed by atoms with Crippen LogP contribution in [-0.4, -0.2) is 43.0 Å². The molecule has 3 aromatic rings. The fourth-order valence-corrected chi connectivity index (χ4v) is 5.72. The summed E-state index contributed by atoms with van der Waals surface area (Å²) in [5.41, 5.74) is 3.77. The van der Waals surface area contributed by atoms with Gasteiger partial charge in [-0.15, -0.1) is 11.3 Å². The lowest BCUT2D eigenvalue weighted by molar-refractivity contribution is 0.0598. The van der Waals surface area contributed by atoms with Crippen LogP contribution in [0.3, 0.4) is 0 Å². The van der Waals surface area contributed by atoms with Crippen molar-refractivity contribution in [2.75, 3.05) is 20.2 Å². The third kappa shape index (κ3) is 8.02. The first kappa shape index (κ1) is 29.6. The Morgan fingerprint density at radius 1 is 0.921 bits per heavy atom. The van der Waals surface area contributed by atoms with E-state index in [4.69, 9.17) is 4.74 Å². The highest BCUT2D eigenvalue weighted by Gasteiger charge is 2.27. The molecule has 4 rings (SSSR count). The van der Waals surface area contributed by atoms with E-state index >= 15 is 0 Å². The molecule has 2 heterocycles. The Hall–Kier alpha value is -2.96. The quantitative estimate of drug-likeness (QED) is 0.218. The monoisotopic (exact) mass is 534 g/mol. The lowest BCUT2D eigenvalue weighted by Crippen LogP contribution is -2.45. The highest BCUT2D eigenvalue weighted by molar-refractivity contribution is 7.14. The normalized spacial score (nSPS) is 13.4. The fraction of sp³-hybridized carbons (Fsp3) is 0.438. The number of methoxy groups -OCH3 is 1. The first-order chi connectivity index (χ1) is 18.6. The fourth-order valence-electron chi connectivity index (χ4n) is 4.72. The van der Waals surface area contributed by atoms with Crippen LogP contribution in [0.25, 0.3) is 11.1 Å². The lowest BCUT2D eigenvalue weighted by Gasteiger charge is -2.34. The number of hydrogen-bond donors (Lipinski definition) is 1. The Morgan fingerprint density at radius 3 is 2.16 bits per heavy atom. The number of ether oxygens (including phenoxy) is 1. The van der Waals surface area contributed by atoms with Gasteiger partial charge in [0.15, 0.2) is 0 Å². The van der Waals surface area contributed by atoms with Gasteiger partial charge in [-0.25, -0.2) is 4.79 Å². The molecule has 1 aromatic heterocycles. The SMILES string of the molecule is CC.CCCCCc1ccc(C(=O)N(Cc2ccc(-c3ccc(C(=O)OC)cc3)cc2)C2CCNCC2)s1. The van der Waals surface area contributed by atoms with Crippen LogP contribution in [0, 0.1) is 0 Å². The molecule has 0 atom stereocenters. The molecule has 0 aliphatic carbocycles. The summed E-state index contributed by atoms with van der Waals surface area (Å²) < 4.78 is 4.78. The number of thiophene rings is 1. The average molecular weight is 535 g/mol. The first-order valence-corrected chi connectivity index (χ1v) is 14.8. The van der Waals surface area contributed by atoms with E-state index in [1.54, 1.807) is 23.5 Å². The van der Waals surface area contributed by atoms with Crippen LogP contribution in [-0.2, 0) is 17.7 Å². The third-order valence-corrected chi connectivity index (χ3v) is 7.99. The zero-order valence-corrected chi connectivity index (χ0v) is 24.1. The molecule has 0 saturated carbocycles. The minimum atomic E-state index is -0.335. The van der Waals surface area contributed by atoms with Gasteiger partial charge >= 0.3 is 5.97 Å². The molecule has 1 N–H and O–H groups in total. The average Bonchev–Trinajstić information content (AvgIpc) is 3.46. The molecule has 0 bridgehead atoms. The van der Waals surface area contributed by atoms with Gasteiger partial charge in [-0.3, -0.25) is 4.79 Å². The number of unbranched alkanes of at least 4 members (excludes halogenated alkanes) is 2. The van der Waals surface area contributed by atoms with Crippen LogP contribution in [0.5, 0.6) is 0 Å². The van der Waals surface area contributed by atoms with Gasteiger partial charge in [-0.05, 0) is 79.7 Å². The van der Waals surface area contributed by atoms with Crippen LogP contribution in [0.15, 0.2) is 60.7 Å². The Labute approximate surface area is 232 Å². The number of aryl methyl sites for hydroxylation is 1. The summed E-state index contributed by atoms with van der Waals surface area (Å²) in [6, 6.07) is 20.2. The summed E-state index contributed by atoms with van der Waals surface area (Å²) >= 11 is 1.66. The molecule has 1 saturated heterocycles. The van der Waals surface area contributed by atoms with Crippen molar-refractivity contribution in [2.24, 2.45) is 0 Å². The second-order valence-electron chi connectivity index (χ2n) is 9.40. The van der Waals surface area contributed by atoms with E-state index in [1.165, 1.54) is 31.2 Å². The van der Waals surface area contributed by atoms with Gasteiger partial charge < -0.3 is 15.0 Å². The minimum Gasteiger partial charge on any atom is -0.465 e. The molecule has 2 aromatic carbocycles. The zero-order chi connectivity index (χ0) is 27.3. The molecular formula is C32H42N2O3S. The summed E-state index contributed by atoms with van der Waals surface area (Å²) in [4.78, 5) is 29.6. The molecule has 204 valence electrons. The van der Waals surface area contributed by atoms with Crippen molar-refractivity contribution in [3.63, 3.8) is 0 Å². The first-order valence-electron chi connectivity index (χ1n) is 14.0. The number of nitrogens with one attached hydrogen (secondary N) is 1. The number of rotatable bonds is 10. The van der Waals surface area contributed by atoms with Crippen molar-refractivity contribution in [1.29, 1.82) is 0 Å². The second kappa shape index (κ2) is 15.5. The van der Waals surface area contributed by atoms with Crippen molar-refractivity contribution in [3.05, 3.63) is 81.5 Å². The molecule has 0 spiro atoms. The van der Waals surface area contributed by atoms with Crippen molar-refractivity contribution < 1.29 is 14.3 Å². The van der Waals surface area contributed by atoms with E-state index in [2.05, 4.69) is 47.5 Å². The summed E-state index contributed by atoms with van der Waals surface area (Å²) in [5, 5.41) is 3.42. The number of esters is 1. The molecule has 0 unspecified atom stereocenters. The summed E-state index contributed by atoms with van der Waals surface area (Å²) in [5.74, 6) is -0.186. The van der Waals surface area contributed by atoms with E-state index in [1.807, 2.05) is 32.0 Å². The number of benzene rings is 2. The van der Waals surface area contributed by atoms with E-state index in [-0.39, 0.29) is 17.9 Å². The summed E-state index contributed by atoms with van der Waals surface area (Å²) in [6.07, 6.45) is 6.63. The number of carbonyl (C=O) groups excluding carboxylic acids is 2. The van der Waals surface area contributed by atoms with Crippen LogP contribution in [0.1, 0.15) is 83.3 Å². The van der Waals surface area contributed by atoms with Crippen LogP contribution < -0.4 is 5.32 Å². The second-order valence-corrected chi connectivity index (χ2v) is 10.6. The topological polar surface area (TPSA) is 58.6 Å². The number of amides is 1. The number of carbonyl (C=O) groups is 2. The molecule has 1 amide bonds. The smallest absolute Gasteiger partial charge is 0.337 e. The maximum absolute atomic E-state index is 13.7. The zero-order valence-electron chi connectivity index (χ0n) is 23.3. The molecule has 6 heteroatoms. The van der Waals surface area contributed by atoms with Crippen LogP contribution in [0.4, 0.5) is 0 Å². The maximum Gasteiger partial charge on any atom is 0.337 e. The number of nitrogens with zero attached hydrogens (tertiary/aromatic N) is 1. The van der Waals surface area contributed by atoms with Crippen molar-refractivity contribution in [1.82, 2.24) is 10.2 Å². The number of hydrogen-bond acceptors (Lipinski definition) is 5. The Morgan fingerprint density at radius 2 is 1.55 bits per heavy atom. The van der Waals surface area contributed by atoms with Gasteiger partial charge in [-0.2, -0.15) is 0 Å². The van der Waals surface area contributed by atoms with Gasteiger partial charge in [0.2, 0.25) is 0 Å². The van der Waals surface area contributed by atoms with E-state index < -0.39 is 0 Å². The highest BCUT2D eigenvalue weighted by atomic mass is 32.1. The van der Waals surface area contributed by atoms with E-state index in [9.17, 15) is 9.59 Å². The molecule has 1 aliphatic heterocycles. The van der Waals surface area contributed by atoms with Crippen LogP contribution >= 0.6 is 11.3 Å². The van der Waals surface area contributed by atoms with Gasteiger partial charge in [-0.1, -0.05) is 70.0 Å². The van der Waals surface area contributed by atoms with Gasteiger partial charge in [0.25, 0.3) is 5.91 Å². The van der Waals surface area contributed by atoms with Crippen molar-refractivity contribution in [2.45, 2.75) is 71.9 Å². The number of piperidine rings is 1. The largest absolute Gasteiger partial charge is 0.465 e. The lowest BCUT2D eigenvalue weighted by atomic mass is 10.0. The van der Waals surface area contributed by atoms with E-state index in [0.29, 0.717) is 12.1 Å². The van der Waals surface area contributed by atoms with Gasteiger partial charge in [0.05, 0.1) is 17.6 Å². The Balaban J connectivity index is 0.00000195. The van der Waals surface area contributed by atoms with Gasteiger partial charge in [0.1, 0.15) is 0 Å². The molecule has 1 fully saturated rings. The van der Waals surface area contributed by atoms with Crippen LogP contribution in [0.2, 0.25) is 0 Å². The molecule has 5 nitrogen and oxygen atoms in total. The molecule has 0 radical (unpaired) electrons. The van der Waals surface area contributed by atoms with E-state index in [0.717, 1.165) is 53.9 Å². The molecular weight excluding hydrogens is 492 g/mol. The maximum atomic E-state index is 13.7. The molecule has 1 aliphatic rings. The minimum absolute atomic E-state index is 0.149. The molecule has 38 heavy (non-hydrogen) atoms.